The van der Waals surface area contributed by atoms with E-state index in [1.165, 1.54) is 36.4 Å². The lowest BCUT2D eigenvalue weighted by molar-refractivity contribution is -0.0498. The number of ether oxygens (including phenoxy) is 2. The van der Waals surface area contributed by atoms with Crippen LogP contribution in [0.3, 0.4) is 0 Å². The van der Waals surface area contributed by atoms with Crippen molar-refractivity contribution < 1.29 is 27.5 Å². The minimum absolute atomic E-state index is 0.0702. The topological polar surface area (TPSA) is 48.7 Å². The molecule has 0 bridgehead atoms. The first kappa shape index (κ1) is 19.8. The molecule has 3 rings (SSSR count). The summed E-state index contributed by atoms with van der Waals surface area (Å²) in [5.74, 6) is 1.34. The standard InChI is InChI=1S/C21H15BrF2O4/c22-15-4-2-5-17(12-15)26-13-19-8-7-16(27-19)9-10-20(25)14-3-1-6-18(11-14)28-21(23)24/h1-12,21H,13H2/b10-9+. The molecule has 0 aliphatic carbocycles. The van der Waals surface area contributed by atoms with Gasteiger partial charge in [-0.2, -0.15) is 8.78 Å². The molecule has 0 amide bonds. The second-order valence-corrected chi connectivity index (χ2v) is 6.57. The Morgan fingerprint density at radius 2 is 1.86 bits per heavy atom. The quantitative estimate of drug-likeness (QED) is 0.307. The number of halogens is 3. The summed E-state index contributed by atoms with van der Waals surface area (Å²) in [5, 5.41) is 0. The van der Waals surface area contributed by atoms with Gasteiger partial charge >= 0.3 is 6.61 Å². The Labute approximate surface area is 168 Å². The highest BCUT2D eigenvalue weighted by Gasteiger charge is 2.08. The van der Waals surface area contributed by atoms with E-state index in [0.29, 0.717) is 17.3 Å². The summed E-state index contributed by atoms with van der Waals surface area (Å²) >= 11 is 3.37. The summed E-state index contributed by atoms with van der Waals surface area (Å²) in [6.45, 7) is -2.70. The number of rotatable bonds is 8. The number of furan rings is 1. The van der Waals surface area contributed by atoms with E-state index < -0.39 is 6.61 Å². The monoisotopic (exact) mass is 448 g/mol. The molecule has 0 N–H and O–H groups in total. The van der Waals surface area contributed by atoms with E-state index in [1.54, 1.807) is 12.1 Å². The molecule has 0 atom stereocenters. The molecule has 0 saturated heterocycles. The number of alkyl halides is 2. The van der Waals surface area contributed by atoms with Crippen LogP contribution in [0.2, 0.25) is 0 Å². The highest BCUT2D eigenvalue weighted by Crippen LogP contribution is 2.20. The van der Waals surface area contributed by atoms with Gasteiger partial charge in [-0.05, 0) is 54.6 Å². The maximum Gasteiger partial charge on any atom is 0.387 e. The lowest BCUT2D eigenvalue weighted by Crippen LogP contribution is -2.03. The van der Waals surface area contributed by atoms with Gasteiger partial charge in [-0.25, -0.2) is 0 Å². The van der Waals surface area contributed by atoms with E-state index in [0.717, 1.165) is 4.47 Å². The maximum absolute atomic E-state index is 12.3. The van der Waals surface area contributed by atoms with Crippen molar-refractivity contribution >= 4 is 27.8 Å². The highest BCUT2D eigenvalue weighted by molar-refractivity contribution is 9.10. The summed E-state index contributed by atoms with van der Waals surface area (Å²) in [7, 11) is 0. The van der Waals surface area contributed by atoms with Gasteiger partial charge in [0.25, 0.3) is 0 Å². The van der Waals surface area contributed by atoms with Crippen LogP contribution >= 0.6 is 15.9 Å². The van der Waals surface area contributed by atoms with E-state index in [4.69, 9.17) is 9.15 Å². The molecule has 0 aliphatic heterocycles. The fourth-order valence-corrected chi connectivity index (χ4v) is 2.73. The molecule has 2 aromatic carbocycles. The molecular weight excluding hydrogens is 434 g/mol. The molecular formula is C21H15BrF2O4. The Balaban J connectivity index is 1.59. The lowest BCUT2D eigenvalue weighted by atomic mass is 10.1. The van der Waals surface area contributed by atoms with Crippen LogP contribution in [0, 0.1) is 0 Å². The molecule has 144 valence electrons. The highest BCUT2D eigenvalue weighted by atomic mass is 79.9. The number of ketones is 1. The fraction of sp³-hybridized carbons (Fsp3) is 0.0952. The first-order chi connectivity index (χ1) is 13.5. The third kappa shape index (κ3) is 5.79. The van der Waals surface area contributed by atoms with Gasteiger partial charge in [-0.3, -0.25) is 4.79 Å². The molecule has 0 unspecified atom stereocenters. The minimum atomic E-state index is -2.94. The molecule has 28 heavy (non-hydrogen) atoms. The van der Waals surface area contributed by atoms with Crippen LogP contribution < -0.4 is 9.47 Å². The second kappa shape index (κ2) is 9.32. The van der Waals surface area contributed by atoms with Gasteiger partial charge < -0.3 is 13.9 Å². The summed E-state index contributed by atoms with van der Waals surface area (Å²) in [6.07, 6.45) is 2.81. The van der Waals surface area contributed by atoms with Crippen molar-refractivity contribution in [2.24, 2.45) is 0 Å². The Hall–Kier alpha value is -2.93. The van der Waals surface area contributed by atoms with Crippen LogP contribution in [0.4, 0.5) is 8.78 Å². The first-order valence-corrected chi connectivity index (χ1v) is 9.03. The molecule has 4 nitrogen and oxygen atoms in total. The normalized spacial score (nSPS) is 11.1. The minimum Gasteiger partial charge on any atom is -0.486 e. The Morgan fingerprint density at radius 3 is 2.64 bits per heavy atom. The number of hydrogen-bond acceptors (Lipinski definition) is 4. The van der Waals surface area contributed by atoms with Crippen molar-refractivity contribution in [3.63, 3.8) is 0 Å². The van der Waals surface area contributed by atoms with Crippen LogP contribution in [0.1, 0.15) is 21.9 Å². The van der Waals surface area contributed by atoms with E-state index in [2.05, 4.69) is 20.7 Å². The largest absolute Gasteiger partial charge is 0.486 e. The molecule has 0 saturated carbocycles. The van der Waals surface area contributed by atoms with Gasteiger partial charge in [0.05, 0.1) is 0 Å². The molecule has 1 heterocycles. The molecule has 0 fully saturated rings. The smallest absolute Gasteiger partial charge is 0.387 e. The summed E-state index contributed by atoms with van der Waals surface area (Å²) in [4.78, 5) is 12.2. The predicted molar refractivity (Wildman–Crippen MR) is 104 cm³/mol. The van der Waals surface area contributed by atoms with Crippen LogP contribution in [0.25, 0.3) is 6.08 Å². The number of hydrogen-bond donors (Lipinski definition) is 0. The van der Waals surface area contributed by atoms with E-state index in [-0.39, 0.29) is 23.7 Å². The average Bonchev–Trinajstić information content (AvgIpc) is 3.12. The van der Waals surface area contributed by atoms with Gasteiger partial charge in [0.15, 0.2) is 5.78 Å². The van der Waals surface area contributed by atoms with Crippen molar-refractivity contribution in [2.75, 3.05) is 0 Å². The molecule has 7 heteroatoms. The summed E-state index contributed by atoms with van der Waals surface area (Å²) in [5.41, 5.74) is 0.235. The molecule has 0 spiro atoms. The van der Waals surface area contributed by atoms with Gasteiger partial charge in [0, 0.05) is 10.0 Å². The Morgan fingerprint density at radius 1 is 1.07 bits per heavy atom. The SMILES string of the molecule is O=C(/C=C/c1ccc(COc2cccc(Br)c2)o1)c1cccc(OC(F)F)c1. The van der Waals surface area contributed by atoms with Crippen LogP contribution in [-0.4, -0.2) is 12.4 Å². The third-order valence-corrected chi connectivity index (χ3v) is 4.10. The number of allylic oxidation sites excluding steroid dienone is 1. The second-order valence-electron chi connectivity index (χ2n) is 5.65. The average molecular weight is 449 g/mol. The fourth-order valence-electron chi connectivity index (χ4n) is 2.35. The van der Waals surface area contributed by atoms with Crippen molar-refractivity contribution in [3.05, 3.63) is 88.3 Å². The van der Waals surface area contributed by atoms with Gasteiger partial charge in [0.1, 0.15) is 29.6 Å². The maximum atomic E-state index is 12.3. The summed E-state index contributed by atoms with van der Waals surface area (Å²) in [6, 6.07) is 16.5. The molecule has 1 aromatic heterocycles. The van der Waals surface area contributed by atoms with Crippen molar-refractivity contribution in [1.82, 2.24) is 0 Å². The Bertz CT molecular complexity index is 982. The zero-order valence-electron chi connectivity index (χ0n) is 14.5. The zero-order valence-corrected chi connectivity index (χ0v) is 16.1. The number of carbonyl (C=O) groups excluding carboxylic acids is 1. The van der Waals surface area contributed by atoms with Gasteiger partial charge in [-0.15, -0.1) is 0 Å². The van der Waals surface area contributed by atoms with Crippen LogP contribution in [-0.2, 0) is 6.61 Å². The molecule has 3 aromatic rings. The molecule has 0 aliphatic rings. The van der Waals surface area contributed by atoms with Gasteiger partial charge in [0.2, 0.25) is 0 Å². The lowest BCUT2D eigenvalue weighted by Gasteiger charge is -2.05. The van der Waals surface area contributed by atoms with E-state index >= 15 is 0 Å². The van der Waals surface area contributed by atoms with E-state index in [1.807, 2.05) is 24.3 Å². The van der Waals surface area contributed by atoms with Crippen molar-refractivity contribution in [3.8, 4) is 11.5 Å². The first-order valence-electron chi connectivity index (χ1n) is 8.24. The van der Waals surface area contributed by atoms with E-state index in [9.17, 15) is 13.6 Å². The van der Waals surface area contributed by atoms with Crippen molar-refractivity contribution in [2.45, 2.75) is 13.2 Å². The zero-order chi connectivity index (χ0) is 19.9. The molecule has 0 radical (unpaired) electrons. The van der Waals surface area contributed by atoms with Crippen LogP contribution in [0.5, 0.6) is 11.5 Å². The number of benzene rings is 2. The van der Waals surface area contributed by atoms with Crippen LogP contribution in [0.15, 0.2) is 75.6 Å². The summed E-state index contributed by atoms with van der Waals surface area (Å²) < 4.78 is 41.0. The third-order valence-electron chi connectivity index (χ3n) is 3.60. The Kier molecular flexibility index (Phi) is 6.60. The predicted octanol–water partition coefficient (Wildman–Crippen LogP) is 6.12. The number of carbonyl (C=O) groups is 1. The van der Waals surface area contributed by atoms with Crippen molar-refractivity contribution in [1.29, 1.82) is 0 Å². The van der Waals surface area contributed by atoms with Gasteiger partial charge in [-0.1, -0.05) is 34.1 Å².